The van der Waals surface area contributed by atoms with Crippen LogP contribution in [0.15, 0.2) is 72.1 Å². The predicted molar refractivity (Wildman–Crippen MR) is 79.4 cm³/mol. The molecule has 0 amide bonds. The Morgan fingerprint density at radius 3 is 2.55 bits per heavy atom. The Morgan fingerprint density at radius 2 is 1.85 bits per heavy atom. The first-order valence-electron chi connectivity index (χ1n) is 6.03. The van der Waals surface area contributed by atoms with Crippen LogP contribution in [0, 0.1) is 0 Å². The normalized spacial score (nSPS) is 10.8. The smallest absolute Gasteiger partial charge is 0.261 e. The highest BCUT2D eigenvalue weighted by molar-refractivity contribution is 7.92. The lowest BCUT2D eigenvalue weighted by atomic mass is 10.3. The summed E-state index contributed by atoms with van der Waals surface area (Å²) in [5.74, 6) is 0.582. The Morgan fingerprint density at radius 1 is 1.10 bits per heavy atom. The third-order valence-electron chi connectivity index (χ3n) is 2.51. The van der Waals surface area contributed by atoms with E-state index in [0.29, 0.717) is 18.0 Å². The predicted octanol–water partition coefficient (Wildman–Crippen LogP) is 3.05. The monoisotopic (exact) mass is 289 g/mol. The van der Waals surface area contributed by atoms with Gasteiger partial charge in [0.25, 0.3) is 10.0 Å². The number of hydrogen-bond donors (Lipinski definition) is 1. The van der Waals surface area contributed by atoms with Gasteiger partial charge in [-0.3, -0.25) is 4.72 Å². The zero-order chi connectivity index (χ0) is 14.4. The molecule has 0 fully saturated rings. The van der Waals surface area contributed by atoms with Crippen molar-refractivity contribution in [2.45, 2.75) is 4.90 Å². The van der Waals surface area contributed by atoms with E-state index in [1.807, 2.05) is 0 Å². The molecular formula is C15H15NO3S. The maximum atomic E-state index is 12.2. The highest BCUT2D eigenvalue weighted by Crippen LogP contribution is 2.20. The van der Waals surface area contributed by atoms with Crippen molar-refractivity contribution in [3.05, 3.63) is 67.3 Å². The quantitative estimate of drug-likeness (QED) is 0.832. The van der Waals surface area contributed by atoms with Crippen LogP contribution in [0.3, 0.4) is 0 Å². The van der Waals surface area contributed by atoms with E-state index in [9.17, 15) is 8.42 Å². The minimum absolute atomic E-state index is 0.220. The highest BCUT2D eigenvalue weighted by Gasteiger charge is 2.13. The number of rotatable bonds is 6. The number of ether oxygens (including phenoxy) is 1. The van der Waals surface area contributed by atoms with E-state index in [1.165, 1.54) is 0 Å². The zero-order valence-corrected chi connectivity index (χ0v) is 11.6. The second-order valence-corrected chi connectivity index (χ2v) is 5.73. The molecule has 0 saturated heterocycles. The average Bonchev–Trinajstić information content (AvgIpc) is 2.46. The van der Waals surface area contributed by atoms with Crippen LogP contribution >= 0.6 is 0 Å². The summed E-state index contributed by atoms with van der Waals surface area (Å²) >= 11 is 0. The first-order chi connectivity index (χ1) is 9.62. The lowest BCUT2D eigenvalue weighted by molar-refractivity contribution is 0.363. The second-order valence-electron chi connectivity index (χ2n) is 4.05. The van der Waals surface area contributed by atoms with Gasteiger partial charge < -0.3 is 4.74 Å². The van der Waals surface area contributed by atoms with Crippen molar-refractivity contribution < 1.29 is 13.2 Å². The molecule has 0 atom stereocenters. The van der Waals surface area contributed by atoms with Crippen molar-refractivity contribution >= 4 is 15.7 Å². The van der Waals surface area contributed by atoms with Crippen LogP contribution in [0.2, 0.25) is 0 Å². The van der Waals surface area contributed by atoms with Crippen molar-refractivity contribution in [3.8, 4) is 5.75 Å². The fourth-order valence-electron chi connectivity index (χ4n) is 1.62. The average molecular weight is 289 g/mol. The Bertz CT molecular complexity index is 681. The fourth-order valence-corrected chi connectivity index (χ4v) is 2.69. The van der Waals surface area contributed by atoms with Gasteiger partial charge in [-0.25, -0.2) is 8.42 Å². The van der Waals surface area contributed by atoms with Crippen molar-refractivity contribution in [1.82, 2.24) is 0 Å². The van der Waals surface area contributed by atoms with Gasteiger partial charge in [-0.1, -0.05) is 36.9 Å². The van der Waals surface area contributed by atoms with E-state index in [0.717, 1.165) is 0 Å². The third kappa shape index (κ3) is 3.61. The van der Waals surface area contributed by atoms with E-state index in [1.54, 1.807) is 60.7 Å². The fraction of sp³-hybridized carbons (Fsp3) is 0.0667. The lowest BCUT2D eigenvalue weighted by Gasteiger charge is -2.09. The molecule has 0 aliphatic rings. The molecule has 1 N–H and O–H groups in total. The van der Waals surface area contributed by atoms with Crippen LogP contribution in [0.1, 0.15) is 0 Å². The largest absolute Gasteiger partial charge is 0.489 e. The van der Waals surface area contributed by atoms with Crippen molar-refractivity contribution in [3.63, 3.8) is 0 Å². The van der Waals surface area contributed by atoms with E-state index in [-0.39, 0.29) is 4.90 Å². The van der Waals surface area contributed by atoms with E-state index < -0.39 is 10.0 Å². The molecule has 2 aromatic rings. The topological polar surface area (TPSA) is 55.4 Å². The molecule has 4 nitrogen and oxygen atoms in total. The number of hydrogen-bond acceptors (Lipinski definition) is 3. The summed E-state index contributed by atoms with van der Waals surface area (Å²) in [6.07, 6.45) is 1.63. The van der Waals surface area contributed by atoms with Crippen LogP contribution < -0.4 is 9.46 Å². The van der Waals surface area contributed by atoms with Gasteiger partial charge in [0.1, 0.15) is 12.4 Å². The molecule has 0 heterocycles. The van der Waals surface area contributed by atoms with Crippen LogP contribution in [0.4, 0.5) is 5.69 Å². The van der Waals surface area contributed by atoms with Crippen molar-refractivity contribution in [2.24, 2.45) is 0 Å². The summed E-state index contributed by atoms with van der Waals surface area (Å²) in [5, 5.41) is 0. The minimum atomic E-state index is -3.58. The van der Waals surface area contributed by atoms with Gasteiger partial charge in [-0.05, 0) is 24.3 Å². The molecule has 20 heavy (non-hydrogen) atoms. The Labute approximate surface area is 118 Å². The number of benzene rings is 2. The van der Waals surface area contributed by atoms with Gasteiger partial charge >= 0.3 is 0 Å². The first-order valence-corrected chi connectivity index (χ1v) is 7.52. The summed E-state index contributed by atoms with van der Waals surface area (Å²) in [5.41, 5.74) is 0.454. The van der Waals surface area contributed by atoms with Crippen molar-refractivity contribution in [2.75, 3.05) is 11.3 Å². The molecule has 0 spiro atoms. The van der Waals surface area contributed by atoms with Gasteiger partial charge in [0.2, 0.25) is 0 Å². The summed E-state index contributed by atoms with van der Waals surface area (Å²) in [7, 11) is -3.58. The summed E-state index contributed by atoms with van der Waals surface area (Å²) in [4.78, 5) is 0.220. The molecule has 0 aliphatic carbocycles. The summed E-state index contributed by atoms with van der Waals surface area (Å²) in [6, 6.07) is 15.0. The molecule has 0 saturated carbocycles. The second kappa shape index (κ2) is 6.25. The van der Waals surface area contributed by atoms with Gasteiger partial charge in [0.15, 0.2) is 0 Å². The molecule has 2 rings (SSSR count). The number of anilines is 1. The molecule has 5 heteroatoms. The van der Waals surface area contributed by atoms with Crippen LogP contribution in [-0.4, -0.2) is 15.0 Å². The van der Waals surface area contributed by atoms with Gasteiger partial charge in [-0.15, -0.1) is 0 Å². The molecule has 104 valence electrons. The Kier molecular flexibility index (Phi) is 4.42. The molecule has 2 aromatic carbocycles. The van der Waals surface area contributed by atoms with Gasteiger partial charge in [-0.2, -0.15) is 0 Å². The SMILES string of the molecule is C=CCOc1cccc(NS(=O)(=O)c2ccccc2)c1. The molecule has 0 unspecified atom stereocenters. The molecule has 0 aromatic heterocycles. The van der Waals surface area contributed by atoms with Crippen LogP contribution in [-0.2, 0) is 10.0 Å². The van der Waals surface area contributed by atoms with Crippen LogP contribution in [0.5, 0.6) is 5.75 Å². The van der Waals surface area contributed by atoms with Crippen molar-refractivity contribution in [1.29, 1.82) is 0 Å². The summed E-state index contributed by atoms with van der Waals surface area (Å²) < 4.78 is 32.2. The van der Waals surface area contributed by atoms with E-state index in [4.69, 9.17) is 4.74 Å². The third-order valence-corrected chi connectivity index (χ3v) is 3.90. The first kappa shape index (κ1) is 14.1. The minimum Gasteiger partial charge on any atom is -0.489 e. The number of nitrogens with one attached hydrogen (secondary N) is 1. The van der Waals surface area contributed by atoms with Gasteiger partial charge in [0, 0.05) is 6.07 Å². The zero-order valence-electron chi connectivity index (χ0n) is 10.8. The molecule has 0 radical (unpaired) electrons. The number of sulfonamides is 1. The maximum Gasteiger partial charge on any atom is 0.261 e. The maximum absolute atomic E-state index is 12.2. The van der Waals surface area contributed by atoms with Crippen LogP contribution in [0.25, 0.3) is 0 Å². The molecular weight excluding hydrogens is 274 g/mol. The molecule has 0 aliphatic heterocycles. The summed E-state index contributed by atoms with van der Waals surface area (Å²) in [6.45, 7) is 3.93. The van der Waals surface area contributed by atoms with E-state index in [2.05, 4.69) is 11.3 Å². The lowest BCUT2D eigenvalue weighted by Crippen LogP contribution is -2.12. The van der Waals surface area contributed by atoms with Gasteiger partial charge in [0.05, 0.1) is 10.6 Å². The van der Waals surface area contributed by atoms with E-state index >= 15 is 0 Å². The standard InChI is InChI=1S/C15H15NO3S/c1-2-11-19-14-8-6-7-13(12-14)16-20(17,18)15-9-4-3-5-10-15/h2-10,12,16H,1,11H2. The Hall–Kier alpha value is -2.27. The Balaban J connectivity index is 2.19. The highest BCUT2D eigenvalue weighted by atomic mass is 32.2. The molecule has 0 bridgehead atoms.